The summed E-state index contributed by atoms with van der Waals surface area (Å²) >= 11 is 7.59. The van der Waals surface area contributed by atoms with Gasteiger partial charge in [-0.25, -0.2) is 9.99 Å². The highest BCUT2D eigenvalue weighted by Gasteiger charge is 2.34. The molecule has 1 atom stereocenters. The van der Waals surface area contributed by atoms with E-state index in [4.69, 9.17) is 16.3 Å². The molecule has 9 heteroatoms. The first-order chi connectivity index (χ1) is 11.9. The number of hydrazone groups is 1. The van der Waals surface area contributed by atoms with Crippen LogP contribution in [0.5, 0.6) is 5.75 Å². The van der Waals surface area contributed by atoms with Crippen LogP contribution in [0.1, 0.15) is 24.8 Å². The number of halogens is 1. The van der Waals surface area contributed by atoms with E-state index in [1.54, 1.807) is 13.2 Å². The summed E-state index contributed by atoms with van der Waals surface area (Å²) in [5, 5.41) is 9.02. The van der Waals surface area contributed by atoms with Crippen LogP contribution in [0.3, 0.4) is 0 Å². The SMILES string of the molecule is COc1ccc2cc(C3SC(NC(C)=O)=NN3C(C)=O)c(Cl)nc2c1. The number of rotatable bonds is 2. The second-order valence-electron chi connectivity index (χ2n) is 5.35. The molecule has 0 spiro atoms. The second-order valence-corrected chi connectivity index (χ2v) is 6.77. The van der Waals surface area contributed by atoms with Crippen LogP contribution in [0.4, 0.5) is 0 Å². The first-order valence-corrected chi connectivity index (χ1v) is 8.61. The monoisotopic (exact) mass is 378 g/mol. The molecule has 2 heterocycles. The molecule has 1 aromatic carbocycles. The van der Waals surface area contributed by atoms with E-state index < -0.39 is 5.37 Å². The Kier molecular flexibility index (Phi) is 4.82. The van der Waals surface area contributed by atoms with Crippen LogP contribution in [0.2, 0.25) is 5.15 Å². The number of aromatic nitrogens is 1. The van der Waals surface area contributed by atoms with Gasteiger partial charge in [0.2, 0.25) is 11.8 Å². The molecular formula is C16H15ClN4O3S. The van der Waals surface area contributed by atoms with Crippen LogP contribution in [0.15, 0.2) is 29.4 Å². The number of methoxy groups -OCH3 is 1. The van der Waals surface area contributed by atoms with Crippen LogP contribution in [-0.2, 0) is 9.59 Å². The molecule has 2 aromatic rings. The number of carbonyl (C=O) groups is 2. The Bertz CT molecular complexity index is 902. The number of nitrogens with one attached hydrogen (secondary N) is 1. The lowest BCUT2D eigenvalue weighted by molar-refractivity contribution is -0.129. The average molecular weight is 379 g/mol. The third kappa shape index (κ3) is 3.54. The summed E-state index contributed by atoms with van der Waals surface area (Å²) in [6.45, 7) is 2.79. The molecule has 1 aliphatic rings. The van der Waals surface area contributed by atoms with Gasteiger partial charge in [-0.15, -0.1) is 5.10 Å². The lowest BCUT2D eigenvalue weighted by Crippen LogP contribution is -2.25. The third-order valence-corrected chi connectivity index (χ3v) is 4.91. The van der Waals surface area contributed by atoms with Crippen LogP contribution < -0.4 is 10.1 Å². The van der Waals surface area contributed by atoms with Crippen molar-refractivity contribution in [2.75, 3.05) is 7.11 Å². The summed E-state index contributed by atoms with van der Waals surface area (Å²) in [5.74, 6) is 0.162. The molecule has 0 saturated carbocycles. The largest absolute Gasteiger partial charge is 0.497 e. The maximum absolute atomic E-state index is 11.9. The Labute approximate surface area is 153 Å². The van der Waals surface area contributed by atoms with Crippen molar-refractivity contribution in [3.8, 4) is 5.75 Å². The maximum Gasteiger partial charge on any atom is 0.241 e. The number of benzene rings is 1. The van der Waals surface area contributed by atoms with Crippen LogP contribution in [0.25, 0.3) is 10.9 Å². The predicted octanol–water partition coefficient (Wildman–Crippen LogP) is 2.90. The number of pyridine rings is 1. The van der Waals surface area contributed by atoms with E-state index in [0.29, 0.717) is 22.0 Å². The molecule has 1 unspecified atom stereocenters. The van der Waals surface area contributed by atoms with Crippen molar-refractivity contribution in [1.29, 1.82) is 0 Å². The Balaban J connectivity index is 2.01. The van der Waals surface area contributed by atoms with E-state index in [9.17, 15) is 9.59 Å². The molecule has 130 valence electrons. The molecule has 0 bridgehead atoms. The normalized spacial score (nSPS) is 16.7. The molecule has 0 fully saturated rings. The molecule has 0 radical (unpaired) electrons. The minimum atomic E-state index is -0.495. The minimum Gasteiger partial charge on any atom is -0.497 e. The van der Waals surface area contributed by atoms with Gasteiger partial charge in [-0.3, -0.25) is 9.59 Å². The lowest BCUT2D eigenvalue weighted by atomic mass is 10.1. The van der Waals surface area contributed by atoms with Crippen molar-refractivity contribution in [3.63, 3.8) is 0 Å². The molecule has 0 aliphatic carbocycles. The van der Waals surface area contributed by atoms with Gasteiger partial charge >= 0.3 is 0 Å². The van der Waals surface area contributed by atoms with Crippen LogP contribution in [0, 0.1) is 0 Å². The van der Waals surface area contributed by atoms with Crippen molar-refractivity contribution < 1.29 is 14.3 Å². The van der Waals surface area contributed by atoms with Crippen molar-refractivity contribution in [1.82, 2.24) is 15.3 Å². The number of hydrogen-bond donors (Lipinski definition) is 1. The van der Waals surface area contributed by atoms with Gasteiger partial charge in [-0.05, 0) is 18.2 Å². The number of amidine groups is 1. The van der Waals surface area contributed by atoms with Gasteiger partial charge in [0.25, 0.3) is 0 Å². The lowest BCUT2D eigenvalue weighted by Gasteiger charge is -2.20. The number of nitrogens with zero attached hydrogens (tertiary/aromatic N) is 3. The van der Waals surface area contributed by atoms with Crippen LogP contribution >= 0.6 is 23.4 Å². The average Bonchev–Trinajstić information content (AvgIpc) is 2.96. The first-order valence-electron chi connectivity index (χ1n) is 7.36. The van der Waals surface area contributed by atoms with Crippen molar-refractivity contribution in [2.45, 2.75) is 19.2 Å². The highest BCUT2D eigenvalue weighted by Crippen LogP contribution is 2.42. The summed E-state index contributed by atoms with van der Waals surface area (Å²) in [6, 6.07) is 7.35. The summed E-state index contributed by atoms with van der Waals surface area (Å²) in [6.07, 6.45) is 0. The number of thioether (sulfide) groups is 1. The number of fused-ring (bicyclic) bond motifs is 1. The molecule has 1 N–H and O–H groups in total. The fraction of sp³-hybridized carbons (Fsp3) is 0.250. The Hall–Kier alpha value is -2.32. The van der Waals surface area contributed by atoms with E-state index in [1.807, 2.05) is 18.2 Å². The van der Waals surface area contributed by atoms with Gasteiger partial charge in [0.15, 0.2) is 5.17 Å². The zero-order valence-corrected chi connectivity index (χ0v) is 15.3. The predicted molar refractivity (Wildman–Crippen MR) is 97.4 cm³/mol. The quantitative estimate of drug-likeness (QED) is 0.812. The van der Waals surface area contributed by atoms with E-state index in [1.165, 1.54) is 30.6 Å². The Morgan fingerprint density at radius 2 is 2.08 bits per heavy atom. The van der Waals surface area contributed by atoms with Gasteiger partial charge in [-0.2, -0.15) is 0 Å². The van der Waals surface area contributed by atoms with Crippen molar-refractivity contribution in [3.05, 3.63) is 35.0 Å². The fourth-order valence-electron chi connectivity index (χ4n) is 2.41. The molecule has 0 saturated heterocycles. The summed E-state index contributed by atoms with van der Waals surface area (Å²) < 4.78 is 5.19. The van der Waals surface area contributed by atoms with E-state index in [-0.39, 0.29) is 17.0 Å². The van der Waals surface area contributed by atoms with Gasteiger partial charge in [0.1, 0.15) is 16.3 Å². The fourth-order valence-corrected chi connectivity index (χ4v) is 3.87. The molecule has 1 aliphatic heterocycles. The molecular weight excluding hydrogens is 364 g/mol. The van der Waals surface area contributed by atoms with E-state index >= 15 is 0 Å². The maximum atomic E-state index is 11.9. The first kappa shape index (κ1) is 17.5. The summed E-state index contributed by atoms with van der Waals surface area (Å²) in [4.78, 5) is 27.6. The Morgan fingerprint density at radius 1 is 1.32 bits per heavy atom. The molecule has 2 amide bonds. The number of amides is 2. The highest BCUT2D eigenvalue weighted by atomic mass is 35.5. The minimum absolute atomic E-state index is 0.259. The second kappa shape index (κ2) is 6.89. The molecule has 1 aromatic heterocycles. The number of carbonyl (C=O) groups excluding carboxylic acids is 2. The van der Waals surface area contributed by atoms with Crippen molar-refractivity contribution >= 4 is 51.2 Å². The standard InChI is InChI=1S/C16H15ClN4O3S/c1-8(22)18-16-20-21(9(2)23)15(25-16)12-6-10-4-5-11(24-3)7-13(10)19-14(12)17/h4-7,15H,1-3H3,(H,18,20,22). The Morgan fingerprint density at radius 3 is 2.72 bits per heavy atom. The molecule has 7 nitrogen and oxygen atoms in total. The van der Waals surface area contributed by atoms with Gasteiger partial charge in [0.05, 0.1) is 12.6 Å². The number of hydrogen-bond acceptors (Lipinski definition) is 6. The van der Waals surface area contributed by atoms with Gasteiger partial charge in [-0.1, -0.05) is 23.4 Å². The van der Waals surface area contributed by atoms with Gasteiger partial charge in [0, 0.05) is 30.9 Å². The topological polar surface area (TPSA) is 83.9 Å². The summed E-state index contributed by atoms with van der Waals surface area (Å²) in [7, 11) is 1.58. The summed E-state index contributed by atoms with van der Waals surface area (Å²) in [5.41, 5.74) is 1.33. The smallest absolute Gasteiger partial charge is 0.241 e. The third-order valence-electron chi connectivity index (χ3n) is 3.52. The van der Waals surface area contributed by atoms with Gasteiger partial charge < -0.3 is 10.1 Å². The zero-order chi connectivity index (χ0) is 18.1. The molecule has 25 heavy (non-hydrogen) atoms. The van der Waals surface area contributed by atoms with Crippen LogP contribution in [-0.4, -0.2) is 34.1 Å². The zero-order valence-electron chi connectivity index (χ0n) is 13.7. The number of ether oxygens (including phenoxy) is 1. The van der Waals surface area contributed by atoms with Crippen molar-refractivity contribution in [2.24, 2.45) is 5.10 Å². The van der Waals surface area contributed by atoms with E-state index in [0.717, 1.165) is 5.39 Å². The molecule has 3 rings (SSSR count). The van der Waals surface area contributed by atoms with E-state index in [2.05, 4.69) is 15.4 Å². The highest BCUT2D eigenvalue weighted by molar-refractivity contribution is 8.14.